The molecule has 3 rings (SSSR count). The Kier molecular flexibility index (Phi) is 3.92. The maximum Gasteiger partial charge on any atom is 0.315 e. The van der Waals surface area contributed by atoms with Gasteiger partial charge in [-0.3, -0.25) is 4.68 Å². The molecule has 0 spiro atoms. The number of nitrogens with zero attached hydrogens (tertiary/aromatic N) is 3. The molecule has 112 valence electrons. The summed E-state index contributed by atoms with van der Waals surface area (Å²) in [6.07, 6.45) is 4.04. The average Bonchev–Trinajstić information content (AvgIpc) is 3.08. The third-order valence-electron chi connectivity index (χ3n) is 3.64. The van der Waals surface area contributed by atoms with Crippen molar-refractivity contribution in [3.05, 3.63) is 34.0 Å². The van der Waals surface area contributed by atoms with Crippen LogP contribution in [0.3, 0.4) is 0 Å². The van der Waals surface area contributed by atoms with Gasteiger partial charge in [-0.1, -0.05) is 0 Å². The first-order valence-corrected chi connectivity index (χ1v) is 7.94. The Morgan fingerprint density at radius 3 is 2.95 bits per heavy atom. The summed E-state index contributed by atoms with van der Waals surface area (Å²) in [5.41, 5.74) is 1.98. The van der Waals surface area contributed by atoms with Crippen LogP contribution in [0.1, 0.15) is 35.3 Å². The lowest BCUT2D eigenvalue weighted by atomic mass is 10.2. The minimum Gasteiger partial charge on any atom is -0.333 e. The van der Waals surface area contributed by atoms with Crippen molar-refractivity contribution in [3.63, 3.8) is 0 Å². The van der Waals surface area contributed by atoms with Crippen LogP contribution in [0.4, 0.5) is 4.79 Å². The average molecular weight is 305 g/mol. The van der Waals surface area contributed by atoms with Crippen LogP contribution in [0.5, 0.6) is 0 Å². The summed E-state index contributed by atoms with van der Waals surface area (Å²) < 4.78 is 1.75. The quantitative estimate of drug-likeness (QED) is 0.889. The normalized spacial score (nSPS) is 15.7. The standard InChI is InChI=1S/C14H19N5OS/c1-9-8-21-13(17-9)12(10-3-4-10)18-14(20)15-7-11-5-6-16-19(11)2/h5-6,8,10,12H,3-4,7H2,1-2H3,(H2,15,18,20)/t12-/m1/s1. The topological polar surface area (TPSA) is 71.8 Å². The molecule has 0 unspecified atom stereocenters. The van der Waals surface area contributed by atoms with Gasteiger partial charge in [-0.15, -0.1) is 11.3 Å². The van der Waals surface area contributed by atoms with E-state index in [2.05, 4.69) is 20.7 Å². The Balaban J connectivity index is 1.58. The molecule has 1 aliphatic rings. The van der Waals surface area contributed by atoms with Gasteiger partial charge in [-0.05, 0) is 31.7 Å². The predicted octanol–water partition coefficient (Wildman–Crippen LogP) is 2.14. The van der Waals surface area contributed by atoms with E-state index in [0.717, 1.165) is 29.2 Å². The Morgan fingerprint density at radius 1 is 1.57 bits per heavy atom. The highest BCUT2D eigenvalue weighted by molar-refractivity contribution is 7.09. The monoisotopic (exact) mass is 305 g/mol. The Morgan fingerprint density at radius 2 is 2.38 bits per heavy atom. The number of aryl methyl sites for hydroxylation is 2. The van der Waals surface area contributed by atoms with Gasteiger partial charge in [0.25, 0.3) is 0 Å². The zero-order valence-electron chi connectivity index (χ0n) is 12.2. The molecule has 21 heavy (non-hydrogen) atoms. The smallest absolute Gasteiger partial charge is 0.315 e. The lowest BCUT2D eigenvalue weighted by Gasteiger charge is -2.16. The number of aromatic nitrogens is 3. The van der Waals surface area contributed by atoms with Crippen molar-refractivity contribution < 1.29 is 4.79 Å². The van der Waals surface area contributed by atoms with Crippen molar-refractivity contribution in [2.75, 3.05) is 0 Å². The van der Waals surface area contributed by atoms with Gasteiger partial charge >= 0.3 is 6.03 Å². The molecule has 2 aromatic rings. The van der Waals surface area contributed by atoms with Crippen molar-refractivity contribution >= 4 is 17.4 Å². The van der Waals surface area contributed by atoms with E-state index in [4.69, 9.17) is 0 Å². The largest absolute Gasteiger partial charge is 0.333 e. The highest BCUT2D eigenvalue weighted by atomic mass is 32.1. The van der Waals surface area contributed by atoms with Gasteiger partial charge in [0.05, 0.1) is 18.3 Å². The van der Waals surface area contributed by atoms with Gasteiger partial charge in [0, 0.05) is 24.3 Å². The van der Waals surface area contributed by atoms with Crippen molar-refractivity contribution in [2.45, 2.75) is 32.4 Å². The Hall–Kier alpha value is -1.89. The van der Waals surface area contributed by atoms with E-state index in [9.17, 15) is 4.79 Å². The highest BCUT2D eigenvalue weighted by Crippen LogP contribution is 2.41. The second-order valence-electron chi connectivity index (χ2n) is 5.42. The molecule has 2 amide bonds. The first-order chi connectivity index (χ1) is 10.1. The molecule has 0 aliphatic heterocycles. The van der Waals surface area contributed by atoms with Crippen LogP contribution in [0.2, 0.25) is 0 Å². The predicted molar refractivity (Wildman–Crippen MR) is 80.9 cm³/mol. The summed E-state index contributed by atoms with van der Waals surface area (Å²) in [5.74, 6) is 0.526. The molecule has 1 atom stereocenters. The number of amides is 2. The van der Waals surface area contributed by atoms with Crippen LogP contribution in [-0.2, 0) is 13.6 Å². The molecule has 6 nitrogen and oxygen atoms in total. The highest BCUT2D eigenvalue weighted by Gasteiger charge is 2.35. The van der Waals surface area contributed by atoms with Crippen molar-refractivity contribution in [1.29, 1.82) is 0 Å². The van der Waals surface area contributed by atoms with E-state index >= 15 is 0 Å². The fourth-order valence-corrected chi connectivity index (χ4v) is 3.20. The molecule has 0 aromatic carbocycles. The van der Waals surface area contributed by atoms with Crippen LogP contribution in [0, 0.1) is 12.8 Å². The number of hydrogen-bond donors (Lipinski definition) is 2. The van der Waals surface area contributed by atoms with Crippen LogP contribution in [0.25, 0.3) is 0 Å². The molecule has 1 aliphatic carbocycles. The van der Waals surface area contributed by atoms with Gasteiger partial charge in [-0.25, -0.2) is 9.78 Å². The molecular formula is C14H19N5OS. The minimum atomic E-state index is -0.152. The first-order valence-electron chi connectivity index (χ1n) is 7.07. The molecule has 0 bridgehead atoms. The number of thiazole rings is 1. The molecule has 0 saturated heterocycles. The number of carbonyl (C=O) groups is 1. The summed E-state index contributed by atoms with van der Waals surface area (Å²) in [4.78, 5) is 16.6. The zero-order valence-corrected chi connectivity index (χ0v) is 13.0. The molecule has 0 radical (unpaired) electrons. The van der Waals surface area contributed by atoms with E-state index in [1.54, 1.807) is 22.2 Å². The van der Waals surface area contributed by atoms with Crippen LogP contribution in [0.15, 0.2) is 17.6 Å². The molecule has 2 heterocycles. The van der Waals surface area contributed by atoms with Gasteiger partial charge in [0.2, 0.25) is 0 Å². The maximum absolute atomic E-state index is 12.1. The minimum absolute atomic E-state index is 0.0373. The van der Waals surface area contributed by atoms with Crippen molar-refractivity contribution in [3.8, 4) is 0 Å². The fourth-order valence-electron chi connectivity index (χ4n) is 2.26. The summed E-state index contributed by atoms with van der Waals surface area (Å²) in [6, 6.07) is 1.78. The molecule has 7 heteroatoms. The van der Waals surface area contributed by atoms with E-state index in [-0.39, 0.29) is 12.1 Å². The van der Waals surface area contributed by atoms with E-state index < -0.39 is 0 Å². The van der Waals surface area contributed by atoms with Gasteiger partial charge in [0.1, 0.15) is 5.01 Å². The summed E-state index contributed by atoms with van der Waals surface area (Å²) in [6.45, 7) is 2.45. The van der Waals surface area contributed by atoms with Gasteiger partial charge < -0.3 is 10.6 Å². The van der Waals surface area contributed by atoms with Crippen LogP contribution in [-0.4, -0.2) is 20.8 Å². The fraction of sp³-hybridized carbons (Fsp3) is 0.500. The molecule has 1 fully saturated rings. The second kappa shape index (κ2) is 5.85. The number of rotatable bonds is 5. The first kappa shape index (κ1) is 14.1. The Bertz CT molecular complexity index is 631. The maximum atomic E-state index is 12.1. The lowest BCUT2D eigenvalue weighted by Crippen LogP contribution is -2.38. The lowest BCUT2D eigenvalue weighted by molar-refractivity contribution is 0.235. The van der Waals surface area contributed by atoms with E-state index in [1.165, 1.54) is 0 Å². The molecule has 2 aromatic heterocycles. The van der Waals surface area contributed by atoms with Gasteiger partial charge in [0.15, 0.2) is 0 Å². The third-order valence-corrected chi connectivity index (χ3v) is 4.68. The third kappa shape index (κ3) is 3.41. The molecular weight excluding hydrogens is 286 g/mol. The Labute approximate surface area is 127 Å². The van der Waals surface area contributed by atoms with Gasteiger partial charge in [-0.2, -0.15) is 5.10 Å². The van der Waals surface area contributed by atoms with Crippen LogP contribution >= 0.6 is 11.3 Å². The number of nitrogens with one attached hydrogen (secondary N) is 2. The van der Waals surface area contributed by atoms with E-state index in [0.29, 0.717) is 12.5 Å². The summed E-state index contributed by atoms with van der Waals surface area (Å²) >= 11 is 1.62. The second-order valence-corrected chi connectivity index (χ2v) is 6.31. The number of carbonyl (C=O) groups excluding carboxylic acids is 1. The van der Waals surface area contributed by atoms with E-state index in [1.807, 2.05) is 25.4 Å². The SMILES string of the molecule is Cc1csc([C@H](NC(=O)NCc2ccnn2C)C2CC2)n1. The molecule has 1 saturated carbocycles. The van der Waals surface area contributed by atoms with Crippen LogP contribution < -0.4 is 10.6 Å². The molecule has 2 N–H and O–H groups in total. The van der Waals surface area contributed by atoms with Crippen molar-refractivity contribution in [2.24, 2.45) is 13.0 Å². The van der Waals surface area contributed by atoms with Crippen molar-refractivity contribution in [1.82, 2.24) is 25.4 Å². The summed E-state index contributed by atoms with van der Waals surface area (Å²) in [7, 11) is 1.86. The zero-order chi connectivity index (χ0) is 14.8. The summed E-state index contributed by atoms with van der Waals surface area (Å²) in [5, 5.41) is 13.1. The number of hydrogen-bond acceptors (Lipinski definition) is 4. The number of urea groups is 1.